The van der Waals surface area contributed by atoms with E-state index in [-0.39, 0.29) is 32.2 Å². The van der Waals surface area contributed by atoms with Gasteiger partial charge < -0.3 is 20.1 Å². The first-order valence-corrected chi connectivity index (χ1v) is 8.93. The van der Waals surface area contributed by atoms with Crippen LogP contribution in [0.5, 0.6) is 11.5 Å². The Bertz CT molecular complexity index is 407. The Morgan fingerprint density at radius 2 is 1.28 bits per heavy atom. The van der Waals surface area contributed by atoms with Crippen LogP contribution in [0.2, 0.25) is 0 Å². The molecule has 144 valence electrons. The fourth-order valence-corrected chi connectivity index (χ4v) is 2.23. The summed E-state index contributed by atoms with van der Waals surface area (Å²) in [6, 6.07) is 6.76. The predicted molar refractivity (Wildman–Crippen MR) is 94.1 cm³/mol. The summed E-state index contributed by atoms with van der Waals surface area (Å²) in [6.45, 7) is 1.54. The second kappa shape index (κ2) is 14.9. The van der Waals surface area contributed by atoms with E-state index in [1.165, 1.54) is 5.23 Å². The van der Waals surface area contributed by atoms with Crippen molar-refractivity contribution in [2.75, 3.05) is 39.6 Å². The second-order valence-corrected chi connectivity index (χ2v) is 5.63. The van der Waals surface area contributed by atoms with E-state index in [1.54, 1.807) is 24.3 Å². The molecule has 0 saturated carbocycles. The van der Waals surface area contributed by atoms with Crippen molar-refractivity contribution in [2.24, 2.45) is 0 Å². The first-order chi connectivity index (χ1) is 12.3. The van der Waals surface area contributed by atoms with Crippen LogP contribution >= 0.6 is 0 Å². The van der Waals surface area contributed by atoms with E-state index in [9.17, 15) is 5.11 Å². The third kappa shape index (κ3) is 11.7. The highest BCUT2D eigenvalue weighted by molar-refractivity contribution is 5.29. The van der Waals surface area contributed by atoms with Crippen LogP contribution in [0.4, 0.5) is 0 Å². The molecule has 0 aliphatic heterocycles. The minimum Gasteiger partial charge on any atom is -0.508 e. The van der Waals surface area contributed by atoms with Gasteiger partial charge in [-0.05, 0) is 37.1 Å². The highest BCUT2D eigenvalue weighted by atomic mass is 16.9. The lowest BCUT2D eigenvalue weighted by atomic mass is 10.1. The van der Waals surface area contributed by atoms with Crippen LogP contribution in [0.3, 0.4) is 0 Å². The highest BCUT2D eigenvalue weighted by Crippen LogP contribution is 2.16. The van der Waals surface area contributed by atoms with Crippen molar-refractivity contribution in [1.82, 2.24) is 5.23 Å². The average molecular weight is 357 g/mol. The maximum Gasteiger partial charge on any atom is 0.119 e. The minimum atomic E-state index is -0.0643. The third-order valence-corrected chi connectivity index (χ3v) is 3.49. The molecule has 0 aromatic heterocycles. The van der Waals surface area contributed by atoms with Gasteiger partial charge in [0.15, 0.2) is 0 Å². The van der Waals surface area contributed by atoms with Gasteiger partial charge in [0.25, 0.3) is 0 Å². The first-order valence-electron chi connectivity index (χ1n) is 8.93. The maximum atomic E-state index is 9.19. The van der Waals surface area contributed by atoms with Crippen LogP contribution < -0.4 is 4.74 Å². The first kappa shape index (κ1) is 21.7. The molecule has 0 radical (unpaired) electrons. The quantitative estimate of drug-likeness (QED) is 0.309. The zero-order chi connectivity index (χ0) is 18.2. The summed E-state index contributed by atoms with van der Waals surface area (Å²) in [5, 5.41) is 28.1. The van der Waals surface area contributed by atoms with Gasteiger partial charge >= 0.3 is 0 Å². The zero-order valence-electron chi connectivity index (χ0n) is 14.8. The van der Waals surface area contributed by atoms with E-state index in [0.29, 0.717) is 13.2 Å². The Morgan fingerprint density at radius 1 is 0.720 bits per heavy atom. The number of hydrogen-bond donors (Lipinski definition) is 3. The fraction of sp³-hybridized carbons (Fsp3) is 0.667. The van der Waals surface area contributed by atoms with Gasteiger partial charge in [0.1, 0.15) is 11.5 Å². The molecule has 25 heavy (non-hydrogen) atoms. The lowest BCUT2D eigenvalue weighted by molar-refractivity contribution is -0.371. The molecule has 7 heteroatoms. The summed E-state index contributed by atoms with van der Waals surface area (Å²) in [5.74, 6) is 1.03. The van der Waals surface area contributed by atoms with E-state index in [1.807, 2.05) is 0 Å². The number of hydrogen-bond acceptors (Lipinski definition) is 7. The standard InChI is InChI=1S/C18H31NO6/c20-12-15-24-19(25-16-13-21)11-5-3-1-2-4-6-14-23-18-9-7-17(22)8-10-18/h7-10,20-22H,1-6,11-16H2. The van der Waals surface area contributed by atoms with Crippen molar-refractivity contribution in [2.45, 2.75) is 38.5 Å². The van der Waals surface area contributed by atoms with Crippen molar-refractivity contribution in [3.05, 3.63) is 24.3 Å². The molecule has 0 bridgehead atoms. The number of ether oxygens (including phenoxy) is 1. The topological polar surface area (TPSA) is 91.6 Å². The van der Waals surface area contributed by atoms with Crippen LogP contribution in [0.25, 0.3) is 0 Å². The second-order valence-electron chi connectivity index (χ2n) is 5.63. The summed E-state index contributed by atoms with van der Waals surface area (Å²) < 4.78 is 5.60. The minimum absolute atomic E-state index is 0.0643. The van der Waals surface area contributed by atoms with Gasteiger partial charge in [-0.15, -0.1) is 0 Å². The molecule has 0 saturated heterocycles. The van der Waals surface area contributed by atoms with Gasteiger partial charge in [-0.25, -0.2) is 0 Å². The van der Waals surface area contributed by atoms with Gasteiger partial charge in [-0.2, -0.15) is 0 Å². The third-order valence-electron chi connectivity index (χ3n) is 3.49. The summed E-state index contributed by atoms with van der Waals surface area (Å²) in [5.41, 5.74) is 0. The van der Waals surface area contributed by atoms with E-state index >= 15 is 0 Å². The molecule has 0 atom stereocenters. The summed E-state index contributed by atoms with van der Waals surface area (Å²) in [7, 11) is 0. The molecule has 1 rings (SSSR count). The number of phenolic OH excluding ortho intramolecular Hbond substituents is 1. The highest BCUT2D eigenvalue weighted by Gasteiger charge is 2.05. The molecule has 0 heterocycles. The predicted octanol–water partition coefficient (Wildman–Crippen LogP) is 2.26. The van der Waals surface area contributed by atoms with E-state index in [2.05, 4.69) is 0 Å². The number of aliphatic hydroxyl groups is 2. The Morgan fingerprint density at radius 3 is 1.88 bits per heavy atom. The average Bonchev–Trinajstić information content (AvgIpc) is 2.63. The van der Waals surface area contributed by atoms with Gasteiger partial charge in [0.05, 0.1) is 39.6 Å². The number of phenols is 1. The van der Waals surface area contributed by atoms with Crippen LogP contribution in [0.1, 0.15) is 38.5 Å². The smallest absolute Gasteiger partial charge is 0.119 e. The summed E-state index contributed by atoms with van der Waals surface area (Å²) in [6.07, 6.45) is 6.40. The number of rotatable bonds is 16. The molecule has 0 amide bonds. The summed E-state index contributed by atoms with van der Waals surface area (Å²) in [4.78, 5) is 10.4. The fourth-order valence-electron chi connectivity index (χ4n) is 2.23. The molecule has 0 aliphatic carbocycles. The summed E-state index contributed by atoms with van der Waals surface area (Å²) >= 11 is 0. The number of benzene rings is 1. The van der Waals surface area contributed by atoms with Crippen LogP contribution in [0.15, 0.2) is 24.3 Å². The molecule has 1 aromatic rings. The Labute approximate surface area is 149 Å². The molecular formula is C18H31NO6. The molecular weight excluding hydrogens is 326 g/mol. The molecule has 0 fully saturated rings. The number of aliphatic hydroxyl groups excluding tert-OH is 2. The van der Waals surface area contributed by atoms with Gasteiger partial charge in [0, 0.05) is 0 Å². The van der Waals surface area contributed by atoms with Crippen molar-refractivity contribution in [1.29, 1.82) is 0 Å². The molecule has 7 nitrogen and oxygen atoms in total. The molecule has 0 spiro atoms. The molecule has 0 unspecified atom stereocenters. The van der Waals surface area contributed by atoms with Crippen molar-refractivity contribution in [3.63, 3.8) is 0 Å². The maximum absolute atomic E-state index is 9.19. The van der Waals surface area contributed by atoms with Crippen LogP contribution in [-0.2, 0) is 9.68 Å². The van der Waals surface area contributed by atoms with Gasteiger partial charge in [-0.1, -0.05) is 30.9 Å². The number of nitrogens with zero attached hydrogens (tertiary/aromatic N) is 1. The molecule has 1 aromatic carbocycles. The van der Waals surface area contributed by atoms with Crippen molar-refractivity contribution in [3.8, 4) is 11.5 Å². The lowest BCUT2D eigenvalue weighted by Gasteiger charge is -2.20. The molecule has 3 N–H and O–H groups in total. The normalized spacial score (nSPS) is 11.2. The van der Waals surface area contributed by atoms with Crippen molar-refractivity contribution >= 4 is 0 Å². The van der Waals surface area contributed by atoms with Gasteiger partial charge in [-0.3, -0.25) is 9.68 Å². The number of aromatic hydroxyl groups is 1. The largest absolute Gasteiger partial charge is 0.508 e. The Hall–Kier alpha value is -1.38. The van der Waals surface area contributed by atoms with E-state index in [0.717, 1.165) is 44.3 Å². The number of unbranched alkanes of at least 4 members (excludes halogenated alkanes) is 5. The zero-order valence-corrected chi connectivity index (χ0v) is 14.8. The van der Waals surface area contributed by atoms with Crippen LogP contribution in [-0.4, -0.2) is 60.1 Å². The Balaban J connectivity index is 1.95. The van der Waals surface area contributed by atoms with Gasteiger partial charge in [0.2, 0.25) is 0 Å². The van der Waals surface area contributed by atoms with E-state index < -0.39 is 0 Å². The lowest BCUT2D eigenvalue weighted by Crippen LogP contribution is -2.28. The number of hydroxylamine groups is 2. The molecule has 0 aliphatic rings. The monoisotopic (exact) mass is 357 g/mol. The van der Waals surface area contributed by atoms with E-state index in [4.69, 9.17) is 24.6 Å². The van der Waals surface area contributed by atoms with Crippen molar-refractivity contribution < 1.29 is 29.7 Å². The SMILES string of the molecule is OCCON(CCCCCCCCOc1ccc(O)cc1)OCCO. The Kier molecular flexibility index (Phi) is 12.9. The van der Waals surface area contributed by atoms with Crippen LogP contribution in [0, 0.1) is 0 Å².